The maximum Gasteiger partial charge on any atom is 0.250 e. The lowest BCUT2D eigenvalue weighted by molar-refractivity contribution is -0.134. The van der Waals surface area contributed by atoms with E-state index in [9.17, 15) is 14.0 Å². The van der Waals surface area contributed by atoms with Gasteiger partial charge in [-0.2, -0.15) is 0 Å². The van der Waals surface area contributed by atoms with Crippen LogP contribution in [0.5, 0.6) is 0 Å². The second kappa shape index (κ2) is 5.52. The summed E-state index contributed by atoms with van der Waals surface area (Å²) >= 11 is 3.32. The molecule has 1 fully saturated rings. The number of halogens is 2. The monoisotopic (exact) mass is 342 g/mol. The van der Waals surface area contributed by atoms with Crippen LogP contribution in [0.4, 0.5) is 10.1 Å². The number of anilines is 1. The molecule has 2 unspecified atom stereocenters. The number of carbonyl (C=O) groups excluding carboxylic acids is 2. The molecular weight excluding hydrogens is 327 g/mol. The molecule has 6 heteroatoms. The fraction of sp³-hybridized carbons (Fsp3) is 0.429. The first-order chi connectivity index (χ1) is 9.32. The van der Waals surface area contributed by atoms with Gasteiger partial charge in [0.05, 0.1) is 5.69 Å². The van der Waals surface area contributed by atoms with Crippen LogP contribution in [-0.2, 0) is 9.59 Å². The van der Waals surface area contributed by atoms with E-state index in [-0.39, 0.29) is 17.7 Å². The molecule has 2 rings (SSSR count). The molecule has 0 aliphatic carbocycles. The molecule has 4 nitrogen and oxygen atoms in total. The summed E-state index contributed by atoms with van der Waals surface area (Å²) in [5.74, 6) is -0.989. The predicted molar refractivity (Wildman–Crippen MR) is 77.8 cm³/mol. The van der Waals surface area contributed by atoms with Crippen molar-refractivity contribution in [2.24, 2.45) is 5.92 Å². The Balaban J connectivity index is 2.55. The van der Waals surface area contributed by atoms with Gasteiger partial charge in [-0.15, -0.1) is 0 Å². The van der Waals surface area contributed by atoms with Crippen LogP contribution in [-0.4, -0.2) is 23.9 Å². The van der Waals surface area contributed by atoms with Crippen LogP contribution in [0.1, 0.15) is 20.8 Å². The average molecular weight is 343 g/mol. The summed E-state index contributed by atoms with van der Waals surface area (Å²) in [6.07, 6.45) is 0. The van der Waals surface area contributed by atoms with E-state index < -0.39 is 17.9 Å². The van der Waals surface area contributed by atoms with Crippen molar-refractivity contribution in [3.63, 3.8) is 0 Å². The highest BCUT2D eigenvalue weighted by Gasteiger charge is 2.41. The van der Waals surface area contributed by atoms with E-state index in [0.717, 1.165) is 0 Å². The SMILES string of the molecule is CC1NC(=O)C(C(C)C)N(c2cc(F)ccc2Br)C1=O. The number of nitrogens with zero attached hydrogens (tertiary/aromatic N) is 1. The molecule has 1 aromatic rings. The van der Waals surface area contributed by atoms with Crippen molar-refractivity contribution >= 4 is 33.4 Å². The molecule has 1 saturated heterocycles. The van der Waals surface area contributed by atoms with Crippen molar-refractivity contribution < 1.29 is 14.0 Å². The summed E-state index contributed by atoms with van der Waals surface area (Å²) in [4.78, 5) is 26.0. The third-order valence-electron chi connectivity index (χ3n) is 3.31. The topological polar surface area (TPSA) is 49.4 Å². The molecular formula is C14H16BrFN2O2. The largest absolute Gasteiger partial charge is 0.343 e. The Morgan fingerprint density at radius 3 is 2.60 bits per heavy atom. The zero-order valence-electron chi connectivity index (χ0n) is 11.5. The number of hydrogen-bond acceptors (Lipinski definition) is 2. The van der Waals surface area contributed by atoms with E-state index in [1.807, 2.05) is 13.8 Å². The molecule has 1 heterocycles. The highest BCUT2D eigenvalue weighted by atomic mass is 79.9. The Labute approximate surface area is 125 Å². The summed E-state index contributed by atoms with van der Waals surface area (Å²) in [5.41, 5.74) is 0.385. The molecule has 108 valence electrons. The van der Waals surface area contributed by atoms with E-state index in [2.05, 4.69) is 21.2 Å². The van der Waals surface area contributed by atoms with E-state index in [1.165, 1.54) is 23.1 Å². The van der Waals surface area contributed by atoms with Gasteiger partial charge in [-0.25, -0.2) is 4.39 Å². The number of hydrogen-bond donors (Lipinski definition) is 1. The zero-order valence-corrected chi connectivity index (χ0v) is 13.1. The highest BCUT2D eigenvalue weighted by Crippen LogP contribution is 2.32. The van der Waals surface area contributed by atoms with E-state index in [0.29, 0.717) is 10.2 Å². The third-order valence-corrected chi connectivity index (χ3v) is 3.98. The number of nitrogens with one attached hydrogen (secondary N) is 1. The molecule has 0 radical (unpaired) electrons. The highest BCUT2D eigenvalue weighted by molar-refractivity contribution is 9.10. The van der Waals surface area contributed by atoms with Crippen LogP contribution in [0.2, 0.25) is 0 Å². The van der Waals surface area contributed by atoms with Crippen molar-refractivity contribution in [2.45, 2.75) is 32.9 Å². The Morgan fingerprint density at radius 1 is 1.35 bits per heavy atom. The minimum atomic E-state index is -0.642. The van der Waals surface area contributed by atoms with Gasteiger partial charge in [0.25, 0.3) is 0 Å². The summed E-state index contributed by atoms with van der Waals surface area (Å²) < 4.78 is 14.1. The molecule has 2 atom stereocenters. The fourth-order valence-electron chi connectivity index (χ4n) is 2.36. The van der Waals surface area contributed by atoms with Gasteiger partial charge in [0.15, 0.2) is 0 Å². The van der Waals surface area contributed by atoms with Crippen molar-refractivity contribution in [2.75, 3.05) is 4.90 Å². The van der Waals surface area contributed by atoms with Crippen LogP contribution >= 0.6 is 15.9 Å². The van der Waals surface area contributed by atoms with Crippen molar-refractivity contribution in [3.8, 4) is 0 Å². The van der Waals surface area contributed by atoms with Gasteiger partial charge < -0.3 is 5.32 Å². The number of rotatable bonds is 2. The van der Waals surface area contributed by atoms with Crippen LogP contribution < -0.4 is 10.2 Å². The summed E-state index contributed by atoms with van der Waals surface area (Å²) in [6.45, 7) is 5.33. The number of amides is 2. The average Bonchev–Trinajstić information content (AvgIpc) is 2.36. The predicted octanol–water partition coefficient (Wildman–Crippen LogP) is 2.46. The Bertz CT molecular complexity index is 562. The smallest absolute Gasteiger partial charge is 0.250 e. The number of piperazine rings is 1. The van der Waals surface area contributed by atoms with Crippen molar-refractivity contribution in [3.05, 3.63) is 28.5 Å². The zero-order chi connectivity index (χ0) is 15.0. The molecule has 0 aromatic heterocycles. The molecule has 0 bridgehead atoms. The van der Waals surface area contributed by atoms with Gasteiger partial charge in [0.2, 0.25) is 11.8 Å². The van der Waals surface area contributed by atoms with Crippen LogP contribution in [0.3, 0.4) is 0 Å². The Kier molecular flexibility index (Phi) is 4.13. The third kappa shape index (κ3) is 2.57. The Morgan fingerprint density at radius 2 is 2.00 bits per heavy atom. The molecule has 0 spiro atoms. The van der Waals surface area contributed by atoms with Crippen LogP contribution in [0.15, 0.2) is 22.7 Å². The van der Waals surface area contributed by atoms with Gasteiger partial charge in [-0.1, -0.05) is 13.8 Å². The van der Waals surface area contributed by atoms with E-state index in [4.69, 9.17) is 0 Å². The first kappa shape index (κ1) is 15.0. The first-order valence-electron chi connectivity index (χ1n) is 6.41. The Hall–Kier alpha value is -1.43. The maximum absolute atomic E-state index is 13.5. The quantitative estimate of drug-likeness (QED) is 0.897. The van der Waals surface area contributed by atoms with Gasteiger partial charge in [0.1, 0.15) is 17.9 Å². The van der Waals surface area contributed by atoms with Gasteiger partial charge in [-0.05, 0) is 47.0 Å². The number of benzene rings is 1. The summed E-state index contributed by atoms with van der Waals surface area (Å²) in [6, 6.07) is 2.84. The van der Waals surface area contributed by atoms with Crippen LogP contribution in [0.25, 0.3) is 0 Å². The van der Waals surface area contributed by atoms with E-state index in [1.54, 1.807) is 6.92 Å². The van der Waals surface area contributed by atoms with E-state index >= 15 is 0 Å². The van der Waals surface area contributed by atoms with Crippen molar-refractivity contribution in [1.82, 2.24) is 5.32 Å². The normalized spacial score (nSPS) is 23.2. The summed E-state index contributed by atoms with van der Waals surface area (Å²) in [7, 11) is 0. The molecule has 1 aliphatic rings. The molecule has 20 heavy (non-hydrogen) atoms. The fourth-order valence-corrected chi connectivity index (χ4v) is 2.80. The number of carbonyl (C=O) groups is 2. The van der Waals surface area contributed by atoms with Gasteiger partial charge in [-0.3, -0.25) is 14.5 Å². The first-order valence-corrected chi connectivity index (χ1v) is 7.20. The molecule has 1 N–H and O–H groups in total. The lowest BCUT2D eigenvalue weighted by Gasteiger charge is -2.40. The lowest BCUT2D eigenvalue weighted by Crippen LogP contribution is -2.64. The molecule has 0 saturated carbocycles. The molecule has 2 amide bonds. The van der Waals surface area contributed by atoms with Gasteiger partial charge in [0, 0.05) is 4.47 Å². The molecule has 1 aromatic carbocycles. The standard InChI is InChI=1S/C14H16BrFN2O2/c1-7(2)12-13(19)17-8(3)14(20)18(12)11-6-9(16)4-5-10(11)15/h4-8,12H,1-3H3,(H,17,19). The minimum Gasteiger partial charge on any atom is -0.343 e. The second-order valence-corrected chi connectivity index (χ2v) is 6.08. The second-order valence-electron chi connectivity index (χ2n) is 5.22. The lowest BCUT2D eigenvalue weighted by atomic mass is 9.96. The van der Waals surface area contributed by atoms with Gasteiger partial charge >= 0.3 is 0 Å². The van der Waals surface area contributed by atoms with Crippen LogP contribution in [0, 0.1) is 11.7 Å². The summed E-state index contributed by atoms with van der Waals surface area (Å²) in [5, 5.41) is 2.66. The van der Waals surface area contributed by atoms with Crippen molar-refractivity contribution in [1.29, 1.82) is 0 Å². The molecule has 1 aliphatic heterocycles. The maximum atomic E-state index is 13.5. The minimum absolute atomic E-state index is 0.0818.